The van der Waals surface area contributed by atoms with Crippen LogP contribution in [-0.4, -0.2) is 32.0 Å². The molecular weight excluding hydrogens is 562 g/mol. The summed E-state index contributed by atoms with van der Waals surface area (Å²) in [7, 11) is -4.12. The topological polar surface area (TPSA) is 101 Å². The largest absolute Gasteiger partial charge is 0.369 e. The highest BCUT2D eigenvalue weighted by Gasteiger charge is 2.35. The third-order valence-corrected chi connectivity index (χ3v) is 9.20. The monoisotopic (exact) mass is 590 g/mol. The third-order valence-electron chi connectivity index (χ3n) is 7.81. The Morgan fingerprint density at radius 2 is 1.60 bits per heavy atom. The Balaban J connectivity index is 1.32. The summed E-state index contributed by atoms with van der Waals surface area (Å²) in [4.78, 5) is 27.5. The minimum atomic E-state index is -4.12. The first-order chi connectivity index (χ1) is 20.2. The Bertz CT molecular complexity index is 1810. The van der Waals surface area contributed by atoms with Gasteiger partial charge in [0.25, 0.3) is 21.5 Å². The van der Waals surface area contributed by atoms with Gasteiger partial charge in [0, 0.05) is 49.4 Å². The molecule has 1 fully saturated rings. The SMILES string of the molecule is O=C(NCc1ccc(F)cc1)c1ccc(N2C[C@H]3C[C@@H](C2)c2cccc(=O)n2C3)c(NS(=O)(=O)c2ccc(F)cc2)c1. The van der Waals surface area contributed by atoms with E-state index >= 15 is 0 Å². The number of anilines is 2. The molecule has 0 spiro atoms. The van der Waals surface area contributed by atoms with E-state index in [1.807, 2.05) is 10.6 Å². The molecule has 0 unspecified atom stereocenters. The van der Waals surface area contributed by atoms with Crippen LogP contribution in [-0.2, 0) is 23.1 Å². The number of hydrogen-bond acceptors (Lipinski definition) is 5. The number of carbonyl (C=O) groups excluding carboxylic acids is 1. The van der Waals surface area contributed by atoms with Crippen LogP contribution in [0.4, 0.5) is 20.2 Å². The van der Waals surface area contributed by atoms with Gasteiger partial charge in [0.1, 0.15) is 11.6 Å². The zero-order valence-corrected chi connectivity index (χ0v) is 23.3. The third kappa shape index (κ3) is 5.64. The van der Waals surface area contributed by atoms with E-state index in [1.54, 1.807) is 36.4 Å². The number of nitrogens with zero attached hydrogens (tertiary/aromatic N) is 2. The van der Waals surface area contributed by atoms with Crippen molar-refractivity contribution >= 4 is 27.3 Å². The molecule has 2 atom stereocenters. The highest BCUT2D eigenvalue weighted by atomic mass is 32.2. The van der Waals surface area contributed by atoms with Crippen molar-refractivity contribution in [2.75, 3.05) is 22.7 Å². The van der Waals surface area contributed by atoms with Gasteiger partial charge in [-0.05, 0) is 78.6 Å². The van der Waals surface area contributed by atoms with Gasteiger partial charge >= 0.3 is 0 Å². The van der Waals surface area contributed by atoms with Crippen LogP contribution in [0.25, 0.3) is 0 Å². The number of fused-ring (bicyclic) bond motifs is 4. The molecule has 2 N–H and O–H groups in total. The molecule has 216 valence electrons. The Kier molecular flexibility index (Phi) is 7.28. The van der Waals surface area contributed by atoms with Gasteiger partial charge in [-0.15, -0.1) is 0 Å². The summed E-state index contributed by atoms with van der Waals surface area (Å²) in [6.45, 7) is 1.88. The molecule has 1 saturated heterocycles. The molecule has 2 aliphatic heterocycles. The molecule has 0 radical (unpaired) electrons. The quantitative estimate of drug-likeness (QED) is 0.331. The molecule has 3 aromatic carbocycles. The molecule has 0 aliphatic carbocycles. The fourth-order valence-electron chi connectivity index (χ4n) is 5.83. The van der Waals surface area contributed by atoms with Gasteiger partial charge in [0.2, 0.25) is 0 Å². The number of rotatable bonds is 7. The van der Waals surface area contributed by atoms with E-state index < -0.39 is 21.7 Å². The van der Waals surface area contributed by atoms with E-state index in [-0.39, 0.29) is 45.9 Å². The van der Waals surface area contributed by atoms with Crippen molar-refractivity contribution in [1.82, 2.24) is 9.88 Å². The molecule has 3 heterocycles. The molecule has 11 heteroatoms. The number of piperidine rings is 1. The minimum absolute atomic E-state index is 0.0283. The maximum atomic E-state index is 13.5. The van der Waals surface area contributed by atoms with Crippen molar-refractivity contribution < 1.29 is 22.0 Å². The summed E-state index contributed by atoms with van der Waals surface area (Å²) >= 11 is 0. The van der Waals surface area contributed by atoms with E-state index in [0.29, 0.717) is 30.9 Å². The summed E-state index contributed by atoms with van der Waals surface area (Å²) in [5.41, 5.74) is 2.66. The Morgan fingerprint density at radius 3 is 2.33 bits per heavy atom. The Labute approximate surface area is 241 Å². The first kappa shape index (κ1) is 27.6. The predicted octanol–water partition coefficient (Wildman–Crippen LogP) is 4.48. The summed E-state index contributed by atoms with van der Waals surface area (Å²) < 4.78 is 57.9. The van der Waals surface area contributed by atoms with Gasteiger partial charge in [-0.3, -0.25) is 14.3 Å². The standard InChI is InChI=1S/C31H28F2N4O4S/c32-24-7-4-20(5-8-24)16-34-31(39)22-6-13-29(27(15-22)35-42(40,41)26-11-9-25(33)10-12-26)36-17-21-14-23(19-36)28-2-1-3-30(38)37(28)18-21/h1-13,15,21,23,35H,14,16-19H2,(H,34,39)/t21-,23+/m1/s1. The number of pyridine rings is 1. The van der Waals surface area contributed by atoms with Crippen molar-refractivity contribution in [2.24, 2.45) is 5.92 Å². The van der Waals surface area contributed by atoms with Crippen LogP contribution in [0.2, 0.25) is 0 Å². The van der Waals surface area contributed by atoms with Crippen LogP contribution in [0.15, 0.2) is 94.6 Å². The van der Waals surface area contributed by atoms with Crippen molar-refractivity contribution in [3.05, 3.63) is 124 Å². The maximum absolute atomic E-state index is 13.5. The van der Waals surface area contributed by atoms with Crippen molar-refractivity contribution in [3.63, 3.8) is 0 Å². The van der Waals surface area contributed by atoms with E-state index in [9.17, 15) is 26.8 Å². The molecule has 8 nitrogen and oxygen atoms in total. The zero-order chi connectivity index (χ0) is 29.4. The Morgan fingerprint density at radius 1 is 0.881 bits per heavy atom. The zero-order valence-electron chi connectivity index (χ0n) is 22.5. The molecule has 2 aliphatic rings. The summed E-state index contributed by atoms with van der Waals surface area (Å²) in [6.07, 6.45) is 0.917. The lowest BCUT2D eigenvalue weighted by Gasteiger charge is -2.44. The van der Waals surface area contributed by atoms with Crippen LogP contribution in [0.5, 0.6) is 0 Å². The Hall–Kier alpha value is -4.51. The van der Waals surface area contributed by atoms with Crippen molar-refractivity contribution in [3.8, 4) is 0 Å². The van der Waals surface area contributed by atoms with E-state index in [2.05, 4.69) is 14.9 Å². The van der Waals surface area contributed by atoms with Gasteiger partial charge in [-0.25, -0.2) is 17.2 Å². The summed E-state index contributed by atoms with van der Waals surface area (Å²) in [6, 6.07) is 20.4. The maximum Gasteiger partial charge on any atom is 0.261 e. The molecule has 1 aromatic heterocycles. The fourth-order valence-corrected chi connectivity index (χ4v) is 6.90. The lowest BCUT2D eigenvalue weighted by atomic mass is 9.83. The van der Waals surface area contributed by atoms with E-state index in [4.69, 9.17) is 0 Å². The second-order valence-electron chi connectivity index (χ2n) is 10.7. The smallest absolute Gasteiger partial charge is 0.261 e. The van der Waals surface area contributed by atoms with E-state index in [0.717, 1.165) is 24.2 Å². The average molecular weight is 591 g/mol. The van der Waals surface area contributed by atoms with Crippen LogP contribution in [0.1, 0.15) is 34.0 Å². The molecule has 4 aromatic rings. The minimum Gasteiger partial charge on any atom is -0.369 e. The van der Waals surface area contributed by atoms with Crippen LogP contribution in [0.3, 0.4) is 0 Å². The molecule has 6 rings (SSSR count). The highest BCUT2D eigenvalue weighted by molar-refractivity contribution is 7.92. The number of aromatic nitrogens is 1. The number of halogens is 2. The highest BCUT2D eigenvalue weighted by Crippen LogP contribution is 2.39. The van der Waals surface area contributed by atoms with Gasteiger partial charge < -0.3 is 14.8 Å². The summed E-state index contributed by atoms with van der Waals surface area (Å²) in [5, 5.41) is 2.78. The lowest BCUT2D eigenvalue weighted by molar-refractivity contribution is 0.0951. The number of sulfonamides is 1. The second-order valence-corrected chi connectivity index (χ2v) is 12.4. The fraction of sp³-hybridized carbons (Fsp3) is 0.226. The number of benzene rings is 3. The second kappa shape index (κ2) is 11.1. The van der Waals surface area contributed by atoms with E-state index in [1.165, 1.54) is 30.3 Å². The molecule has 42 heavy (non-hydrogen) atoms. The van der Waals surface area contributed by atoms with Crippen LogP contribution in [0, 0.1) is 17.6 Å². The van der Waals surface area contributed by atoms with Gasteiger partial charge in [-0.2, -0.15) is 0 Å². The molecular formula is C31H28F2N4O4S. The van der Waals surface area contributed by atoms with Gasteiger partial charge in [0.05, 0.1) is 16.3 Å². The number of amides is 1. The molecule has 1 amide bonds. The van der Waals surface area contributed by atoms with Crippen molar-refractivity contribution in [1.29, 1.82) is 0 Å². The van der Waals surface area contributed by atoms with Gasteiger partial charge in [-0.1, -0.05) is 18.2 Å². The van der Waals surface area contributed by atoms with Crippen LogP contribution >= 0.6 is 0 Å². The predicted molar refractivity (Wildman–Crippen MR) is 155 cm³/mol. The molecule has 2 bridgehead atoms. The average Bonchev–Trinajstić information content (AvgIpc) is 2.97. The number of carbonyl (C=O) groups is 1. The molecule has 0 saturated carbocycles. The lowest BCUT2D eigenvalue weighted by Crippen LogP contribution is -2.47. The summed E-state index contributed by atoms with van der Waals surface area (Å²) in [5.74, 6) is -1.12. The van der Waals surface area contributed by atoms with Crippen LogP contribution < -0.4 is 20.5 Å². The number of hydrogen-bond donors (Lipinski definition) is 2. The first-order valence-corrected chi connectivity index (χ1v) is 15.0. The number of nitrogens with one attached hydrogen (secondary N) is 2. The normalized spacial score (nSPS) is 17.8. The van der Waals surface area contributed by atoms with Crippen molar-refractivity contribution in [2.45, 2.75) is 30.3 Å². The van der Waals surface area contributed by atoms with Gasteiger partial charge in [0.15, 0.2) is 0 Å². The first-order valence-electron chi connectivity index (χ1n) is 13.6.